The van der Waals surface area contributed by atoms with Gasteiger partial charge in [0, 0.05) is 15.4 Å². The number of nitrogens with zero attached hydrogens (tertiary/aromatic N) is 3. The van der Waals surface area contributed by atoms with Gasteiger partial charge in [-0.05, 0) is 83.8 Å². The quantitative estimate of drug-likeness (QED) is 0.217. The molecule has 1 aromatic heterocycles. The minimum Gasteiger partial charge on any atom is -0.478 e. The second-order valence-electron chi connectivity index (χ2n) is 9.35. The van der Waals surface area contributed by atoms with Crippen molar-refractivity contribution >= 4 is 46.0 Å². The number of carboxylic acid groups (broad SMARTS) is 1. The Balaban J connectivity index is 1.56. The Morgan fingerprint density at radius 2 is 1.65 bits per heavy atom. The lowest BCUT2D eigenvalue weighted by molar-refractivity contribution is 0.0696. The Bertz CT molecular complexity index is 1770. The van der Waals surface area contributed by atoms with Crippen LogP contribution in [0.15, 0.2) is 85.1 Å². The molecule has 0 bridgehead atoms. The van der Waals surface area contributed by atoms with Gasteiger partial charge in [0.05, 0.1) is 47.1 Å². The number of nitriles is 1. The number of nitrogens with one attached hydrogen (secondary N) is 1. The van der Waals surface area contributed by atoms with Crippen LogP contribution in [0.5, 0.6) is 0 Å². The number of benzene rings is 4. The highest BCUT2D eigenvalue weighted by Gasteiger charge is 2.20. The van der Waals surface area contributed by atoms with Crippen LogP contribution in [0.4, 0.5) is 0 Å². The Kier molecular flexibility index (Phi) is 7.56. The third-order valence-corrected chi connectivity index (χ3v) is 7.02. The van der Waals surface area contributed by atoms with Crippen LogP contribution in [0.2, 0.25) is 10.0 Å². The van der Waals surface area contributed by atoms with Crippen LogP contribution in [-0.2, 0) is 6.54 Å². The maximum Gasteiger partial charge on any atom is 0.335 e. The number of aromatic nitrogens is 2. The normalized spacial score (nSPS) is 11.7. The molecule has 5 aromatic rings. The van der Waals surface area contributed by atoms with E-state index in [2.05, 4.69) is 16.5 Å². The number of fused-ring (bicyclic) bond motifs is 1. The molecule has 1 heterocycles. The third-order valence-electron chi connectivity index (χ3n) is 6.59. The monoisotopic (exact) mass is 568 g/mol. The van der Waals surface area contributed by atoms with E-state index in [1.165, 1.54) is 12.1 Å². The molecule has 4 aromatic carbocycles. The topological polar surface area (TPSA) is 108 Å². The molecule has 0 aliphatic rings. The van der Waals surface area contributed by atoms with Gasteiger partial charge in [-0.3, -0.25) is 9.48 Å². The van der Waals surface area contributed by atoms with Crippen LogP contribution in [0, 0.1) is 11.3 Å². The number of carbonyl (C=O) groups is 2. The average Bonchev–Trinajstić information content (AvgIpc) is 3.34. The first-order valence-electron chi connectivity index (χ1n) is 12.3. The van der Waals surface area contributed by atoms with Gasteiger partial charge in [-0.25, -0.2) is 4.79 Å². The van der Waals surface area contributed by atoms with E-state index in [1.807, 2.05) is 31.2 Å². The van der Waals surface area contributed by atoms with Crippen LogP contribution in [-0.4, -0.2) is 26.8 Å². The lowest BCUT2D eigenvalue weighted by atomic mass is 9.98. The van der Waals surface area contributed by atoms with Gasteiger partial charge in [0.15, 0.2) is 0 Å². The van der Waals surface area contributed by atoms with Crippen molar-refractivity contribution in [1.82, 2.24) is 15.1 Å². The van der Waals surface area contributed by atoms with Gasteiger partial charge >= 0.3 is 5.97 Å². The number of hydrogen-bond donors (Lipinski definition) is 2. The van der Waals surface area contributed by atoms with Gasteiger partial charge in [0.2, 0.25) is 0 Å². The molecule has 1 atom stereocenters. The molecule has 0 aliphatic heterocycles. The highest BCUT2D eigenvalue weighted by molar-refractivity contribution is 6.34. The lowest BCUT2D eigenvalue weighted by Crippen LogP contribution is -2.27. The number of amides is 1. The van der Waals surface area contributed by atoms with E-state index in [-0.39, 0.29) is 11.5 Å². The predicted octanol–water partition coefficient (Wildman–Crippen LogP) is 7.12. The van der Waals surface area contributed by atoms with Crippen LogP contribution in [0.1, 0.15) is 50.4 Å². The van der Waals surface area contributed by atoms with E-state index in [0.29, 0.717) is 33.2 Å². The zero-order valence-corrected chi connectivity index (χ0v) is 22.7. The van der Waals surface area contributed by atoms with Crippen LogP contribution in [0.25, 0.3) is 22.0 Å². The summed E-state index contributed by atoms with van der Waals surface area (Å²) in [4.78, 5) is 25.0. The number of rotatable bonds is 7. The lowest BCUT2D eigenvalue weighted by Gasteiger charge is -2.17. The molecule has 0 saturated carbocycles. The zero-order chi connectivity index (χ0) is 28.4. The summed E-state index contributed by atoms with van der Waals surface area (Å²) in [6.07, 6.45) is 1.71. The molecule has 2 N–H and O–H groups in total. The Morgan fingerprint density at radius 3 is 2.27 bits per heavy atom. The largest absolute Gasteiger partial charge is 0.478 e. The SMILES string of the molecule is C[C@H](NC(=O)c1cc(-c2ccc(C#N)cc2)cc2cnn(Cc3cc(Cl)cc(Cl)c3)c12)c1ccc(C(=O)O)cc1. The van der Waals surface area contributed by atoms with Crippen molar-refractivity contribution in [2.45, 2.75) is 19.5 Å². The van der Waals surface area contributed by atoms with E-state index in [9.17, 15) is 20.0 Å². The average molecular weight is 569 g/mol. The number of carboxylic acids is 1. The van der Waals surface area contributed by atoms with Gasteiger partial charge in [0.1, 0.15) is 0 Å². The molecular formula is C31H22Cl2N4O3. The van der Waals surface area contributed by atoms with E-state index in [1.54, 1.807) is 53.3 Å². The minimum absolute atomic E-state index is 0.170. The van der Waals surface area contributed by atoms with E-state index in [4.69, 9.17) is 23.2 Å². The van der Waals surface area contributed by atoms with Crippen molar-refractivity contribution in [2.24, 2.45) is 0 Å². The Labute approximate surface area is 240 Å². The van der Waals surface area contributed by atoms with Crippen molar-refractivity contribution in [3.63, 3.8) is 0 Å². The molecule has 0 unspecified atom stereocenters. The fourth-order valence-corrected chi connectivity index (χ4v) is 5.15. The number of carbonyl (C=O) groups excluding carboxylic acids is 1. The summed E-state index contributed by atoms with van der Waals surface area (Å²) in [5, 5.41) is 27.7. The van der Waals surface area contributed by atoms with Gasteiger partial charge in [-0.1, -0.05) is 47.5 Å². The van der Waals surface area contributed by atoms with Crippen LogP contribution < -0.4 is 5.32 Å². The third kappa shape index (κ3) is 5.69. The molecule has 0 spiro atoms. The Hall–Kier alpha value is -4.64. The predicted molar refractivity (Wildman–Crippen MR) is 155 cm³/mol. The first kappa shape index (κ1) is 26.9. The van der Waals surface area contributed by atoms with E-state index < -0.39 is 12.0 Å². The van der Waals surface area contributed by atoms with Gasteiger partial charge in [-0.2, -0.15) is 10.4 Å². The van der Waals surface area contributed by atoms with Gasteiger partial charge in [0.25, 0.3) is 5.91 Å². The molecule has 40 heavy (non-hydrogen) atoms. The van der Waals surface area contributed by atoms with Gasteiger partial charge < -0.3 is 10.4 Å². The molecule has 5 rings (SSSR count). The Morgan fingerprint density at radius 1 is 0.975 bits per heavy atom. The summed E-state index contributed by atoms with van der Waals surface area (Å²) in [5.41, 5.74) is 5.00. The molecule has 0 saturated heterocycles. The second kappa shape index (κ2) is 11.2. The second-order valence-corrected chi connectivity index (χ2v) is 10.2. The number of halogens is 2. The highest BCUT2D eigenvalue weighted by atomic mass is 35.5. The molecular weight excluding hydrogens is 547 g/mol. The molecule has 0 aliphatic carbocycles. The van der Waals surface area contributed by atoms with Crippen LogP contribution >= 0.6 is 23.2 Å². The summed E-state index contributed by atoms with van der Waals surface area (Å²) in [6, 6.07) is 24.3. The van der Waals surface area contributed by atoms with E-state index in [0.717, 1.165) is 27.6 Å². The van der Waals surface area contributed by atoms with Gasteiger partial charge in [-0.15, -0.1) is 0 Å². The minimum atomic E-state index is -1.01. The highest BCUT2D eigenvalue weighted by Crippen LogP contribution is 2.30. The van der Waals surface area contributed by atoms with Crippen molar-refractivity contribution in [1.29, 1.82) is 5.26 Å². The summed E-state index contributed by atoms with van der Waals surface area (Å²) in [7, 11) is 0. The fraction of sp³-hybridized carbons (Fsp3) is 0.0968. The van der Waals surface area contributed by atoms with Crippen molar-refractivity contribution in [3.8, 4) is 17.2 Å². The molecule has 0 radical (unpaired) electrons. The molecule has 1 amide bonds. The van der Waals surface area contributed by atoms with Crippen molar-refractivity contribution < 1.29 is 14.7 Å². The molecule has 0 fully saturated rings. The van der Waals surface area contributed by atoms with Crippen molar-refractivity contribution in [3.05, 3.63) is 123 Å². The summed E-state index contributed by atoms with van der Waals surface area (Å²) in [5.74, 6) is -1.33. The summed E-state index contributed by atoms with van der Waals surface area (Å²) in [6.45, 7) is 2.17. The summed E-state index contributed by atoms with van der Waals surface area (Å²) < 4.78 is 1.74. The maximum absolute atomic E-state index is 13.8. The first-order valence-corrected chi connectivity index (χ1v) is 13.1. The smallest absolute Gasteiger partial charge is 0.335 e. The summed E-state index contributed by atoms with van der Waals surface area (Å²) >= 11 is 12.4. The number of aromatic carboxylic acids is 1. The number of hydrogen-bond acceptors (Lipinski definition) is 4. The zero-order valence-electron chi connectivity index (χ0n) is 21.2. The molecule has 9 heteroatoms. The van der Waals surface area contributed by atoms with Crippen LogP contribution in [0.3, 0.4) is 0 Å². The molecule has 7 nitrogen and oxygen atoms in total. The fourth-order valence-electron chi connectivity index (χ4n) is 4.58. The first-order chi connectivity index (χ1) is 19.2. The maximum atomic E-state index is 13.8. The molecule has 198 valence electrons. The van der Waals surface area contributed by atoms with Crippen molar-refractivity contribution in [2.75, 3.05) is 0 Å². The van der Waals surface area contributed by atoms with E-state index >= 15 is 0 Å². The standard InChI is InChI=1S/C31H22Cl2N4O3/c1-18(21-6-8-23(9-7-21)31(39)40)36-30(38)28-13-24(22-4-2-19(15-34)3-5-22)12-25-16-35-37(29(25)28)17-20-10-26(32)14-27(33)11-20/h2-14,16,18H,17H2,1H3,(H,36,38)(H,39,40)/t18-/m0/s1.